The number of hydrogen-bond acceptors (Lipinski definition) is 4. The molecule has 0 aromatic heterocycles. The second kappa shape index (κ2) is 8.16. The number of anilines is 1. The van der Waals surface area contributed by atoms with Gasteiger partial charge in [0.05, 0.1) is 20.8 Å². The van der Waals surface area contributed by atoms with Gasteiger partial charge in [0, 0.05) is 19.5 Å². The lowest BCUT2D eigenvalue weighted by atomic mass is 10.1. The Morgan fingerprint density at radius 2 is 1.84 bits per heavy atom. The molecule has 0 spiro atoms. The van der Waals surface area contributed by atoms with Crippen LogP contribution in [-0.4, -0.2) is 40.2 Å². The van der Waals surface area contributed by atoms with E-state index in [4.69, 9.17) is 34.8 Å². The van der Waals surface area contributed by atoms with E-state index in [0.29, 0.717) is 20.8 Å². The molecule has 1 saturated heterocycles. The number of aliphatic imine (C=N–C) groups is 1. The zero-order chi connectivity index (χ0) is 18.0. The number of halogens is 3. The number of amides is 2. The predicted octanol–water partition coefficient (Wildman–Crippen LogP) is 4.46. The van der Waals surface area contributed by atoms with Crippen LogP contribution in [0.2, 0.25) is 15.1 Å². The predicted molar refractivity (Wildman–Crippen MR) is 104 cm³/mol. The highest BCUT2D eigenvalue weighted by molar-refractivity contribution is 8.15. The minimum atomic E-state index is -0.501. The monoisotopic (exact) mass is 419 g/mol. The maximum absolute atomic E-state index is 12.3. The molecule has 0 radical (unpaired) electrons. The molecule has 2 heterocycles. The van der Waals surface area contributed by atoms with Gasteiger partial charge in [0.15, 0.2) is 5.17 Å². The zero-order valence-electron chi connectivity index (χ0n) is 13.2. The first-order chi connectivity index (χ1) is 11.9. The van der Waals surface area contributed by atoms with Gasteiger partial charge in [-0.1, -0.05) is 46.6 Å². The SMILES string of the molecule is O=C(C[C@H]1SC(N2CCCCC2)=NC1=O)Nc1cc(Cl)c(Cl)cc1Cl. The highest BCUT2D eigenvalue weighted by Crippen LogP contribution is 2.33. The van der Waals surface area contributed by atoms with Gasteiger partial charge in [-0.3, -0.25) is 9.59 Å². The van der Waals surface area contributed by atoms with Crippen LogP contribution in [0, 0.1) is 0 Å². The van der Waals surface area contributed by atoms with Crippen molar-refractivity contribution in [2.45, 2.75) is 30.9 Å². The first-order valence-corrected chi connectivity index (χ1v) is 9.94. The Balaban J connectivity index is 1.59. The van der Waals surface area contributed by atoms with Gasteiger partial charge in [-0.2, -0.15) is 4.99 Å². The molecule has 9 heteroatoms. The molecular formula is C16H16Cl3N3O2S. The van der Waals surface area contributed by atoms with Crippen molar-refractivity contribution < 1.29 is 9.59 Å². The quantitative estimate of drug-likeness (QED) is 0.733. The van der Waals surface area contributed by atoms with Crippen LogP contribution in [0.15, 0.2) is 17.1 Å². The molecule has 3 rings (SSSR count). The lowest BCUT2D eigenvalue weighted by Crippen LogP contribution is -2.33. The summed E-state index contributed by atoms with van der Waals surface area (Å²) in [6, 6.07) is 2.96. The fourth-order valence-corrected chi connectivity index (χ4v) is 4.43. The molecular weight excluding hydrogens is 405 g/mol. The molecule has 2 amide bonds. The Kier molecular flexibility index (Phi) is 6.15. The fourth-order valence-electron chi connectivity index (χ4n) is 2.72. The van der Waals surface area contributed by atoms with E-state index in [1.807, 2.05) is 0 Å². The summed E-state index contributed by atoms with van der Waals surface area (Å²) in [6.45, 7) is 1.83. The summed E-state index contributed by atoms with van der Waals surface area (Å²) < 4.78 is 0. The van der Waals surface area contributed by atoms with Gasteiger partial charge in [0.1, 0.15) is 5.25 Å². The molecule has 0 saturated carbocycles. The van der Waals surface area contributed by atoms with E-state index in [2.05, 4.69) is 15.2 Å². The maximum Gasteiger partial charge on any atom is 0.262 e. The molecule has 1 N–H and O–H groups in total. The Morgan fingerprint density at radius 3 is 2.56 bits per heavy atom. The Morgan fingerprint density at radius 1 is 1.16 bits per heavy atom. The molecule has 1 aromatic carbocycles. The zero-order valence-corrected chi connectivity index (χ0v) is 16.3. The smallest absolute Gasteiger partial charge is 0.262 e. The largest absolute Gasteiger partial charge is 0.351 e. The number of carbonyl (C=O) groups is 2. The lowest BCUT2D eigenvalue weighted by Gasteiger charge is -2.27. The second-order valence-electron chi connectivity index (χ2n) is 5.89. The van der Waals surface area contributed by atoms with E-state index < -0.39 is 5.25 Å². The van der Waals surface area contributed by atoms with Crippen LogP contribution >= 0.6 is 46.6 Å². The van der Waals surface area contributed by atoms with Crippen LogP contribution in [0.3, 0.4) is 0 Å². The first kappa shape index (κ1) is 18.8. The number of rotatable bonds is 3. The van der Waals surface area contributed by atoms with Crippen LogP contribution in [0.1, 0.15) is 25.7 Å². The normalized spacial score (nSPS) is 20.6. The van der Waals surface area contributed by atoms with Crippen LogP contribution in [0.5, 0.6) is 0 Å². The van der Waals surface area contributed by atoms with Crippen LogP contribution in [-0.2, 0) is 9.59 Å². The van der Waals surface area contributed by atoms with Crippen molar-refractivity contribution in [3.05, 3.63) is 27.2 Å². The number of thioether (sulfide) groups is 1. The summed E-state index contributed by atoms with van der Waals surface area (Å²) in [5.74, 6) is -0.581. The van der Waals surface area contributed by atoms with E-state index in [9.17, 15) is 9.59 Å². The number of amidine groups is 1. The van der Waals surface area contributed by atoms with Gasteiger partial charge in [-0.25, -0.2) is 0 Å². The summed E-state index contributed by atoms with van der Waals surface area (Å²) >= 11 is 19.2. The van der Waals surface area contributed by atoms with Crippen LogP contribution in [0.25, 0.3) is 0 Å². The Hall–Kier alpha value is -0.950. The number of hydrogen-bond donors (Lipinski definition) is 1. The Bertz CT molecular complexity index is 736. The highest BCUT2D eigenvalue weighted by Gasteiger charge is 2.33. The first-order valence-electron chi connectivity index (χ1n) is 7.92. The van der Waals surface area contributed by atoms with E-state index in [-0.39, 0.29) is 18.2 Å². The molecule has 2 aliphatic heterocycles. The number of nitrogens with one attached hydrogen (secondary N) is 1. The van der Waals surface area contributed by atoms with Crippen molar-refractivity contribution >= 4 is 69.2 Å². The van der Waals surface area contributed by atoms with Crippen molar-refractivity contribution in [3.8, 4) is 0 Å². The summed E-state index contributed by atoms with van der Waals surface area (Å²) in [5, 5.41) is 3.80. The van der Waals surface area contributed by atoms with Gasteiger partial charge in [0.2, 0.25) is 5.91 Å². The van der Waals surface area contributed by atoms with Crippen molar-refractivity contribution in [2.24, 2.45) is 4.99 Å². The van der Waals surface area contributed by atoms with Gasteiger partial charge < -0.3 is 10.2 Å². The standard InChI is InChI=1S/C16H16Cl3N3O2S/c17-9-6-11(19)12(7-10(9)18)20-14(23)8-13-15(24)21-16(25-13)22-4-2-1-3-5-22/h6-7,13H,1-5,8H2,(H,20,23)/t13-/m1/s1. The summed E-state index contributed by atoms with van der Waals surface area (Å²) in [4.78, 5) is 30.6. The molecule has 25 heavy (non-hydrogen) atoms. The van der Waals surface area contributed by atoms with Gasteiger partial charge >= 0.3 is 0 Å². The number of nitrogens with zero attached hydrogens (tertiary/aromatic N) is 2. The van der Waals surface area contributed by atoms with E-state index in [1.54, 1.807) is 0 Å². The number of benzene rings is 1. The third kappa shape index (κ3) is 4.61. The highest BCUT2D eigenvalue weighted by atomic mass is 35.5. The average Bonchev–Trinajstić information content (AvgIpc) is 2.94. The fraction of sp³-hybridized carbons (Fsp3) is 0.438. The Labute approximate surface area is 165 Å². The summed E-state index contributed by atoms with van der Waals surface area (Å²) in [5.41, 5.74) is 0.369. The average molecular weight is 421 g/mol. The minimum absolute atomic E-state index is 0.0287. The molecule has 0 bridgehead atoms. The summed E-state index contributed by atoms with van der Waals surface area (Å²) in [6.07, 6.45) is 3.45. The van der Waals surface area contributed by atoms with Crippen molar-refractivity contribution in [1.82, 2.24) is 4.90 Å². The van der Waals surface area contributed by atoms with Crippen LogP contribution < -0.4 is 5.32 Å². The van der Waals surface area contributed by atoms with Gasteiger partial charge in [-0.05, 0) is 31.4 Å². The third-order valence-electron chi connectivity index (χ3n) is 4.01. The molecule has 2 aliphatic rings. The minimum Gasteiger partial charge on any atom is -0.351 e. The maximum atomic E-state index is 12.3. The topological polar surface area (TPSA) is 61.8 Å². The molecule has 1 fully saturated rings. The number of piperidine rings is 1. The molecule has 1 atom stereocenters. The second-order valence-corrected chi connectivity index (χ2v) is 8.28. The van der Waals surface area contributed by atoms with Crippen molar-refractivity contribution in [2.75, 3.05) is 18.4 Å². The lowest BCUT2D eigenvalue weighted by molar-refractivity contribution is -0.121. The molecule has 0 aliphatic carbocycles. The number of likely N-dealkylation sites (tertiary alicyclic amines) is 1. The van der Waals surface area contributed by atoms with Crippen molar-refractivity contribution in [1.29, 1.82) is 0 Å². The third-order valence-corrected chi connectivity index (χ3v) is 6.26. The molecule has 134 valence electrons. The van der Waals surface area contributed by atoms with E-state index in [0.717, 1.165) is 31.1 Å². The van der Waals surface area contributed by atoms with E-state index in [1.165, 1.54) is 30.3 Å². The van der Waals surface area contributed by atoms with Crippen LogP contribution in [0.4, 0.5) is 5.69 Å². The summed E-state index contributed by atoms with van der Waals surface area (Å²) in [7, 11) is 0. The van der Waals surface area contributed by atoms with Gasteiger partial charge in [0.25, 0.3) is 5.91 Å². The van der Waals surface area contributed by atoms with Crippen molar-refractivity contribution in [3.63, 3.8) is 0 Å². The van der Waals surface area contributed by atoms with E-state index >= 15 is 0 Å². The number of carbonyl (C=O) groups excluding carboxylic acids is 2. The van der Waals surface area contributed by atoms with Gasteiger partial charge in [-0.15, -0.1) is 0 Å². The molecule has 0 unspecified atom stereocenters. The molecule has 1 aromatic rings. The molecule has 5 nitrogen and oxygen atoms in total.